The molecule has 0 spiro atoms. The minimum atomic E-state index is -3.55. The Bertz CT molecular complexity index is 890. The molecule has 0 bridgehead atoms. The van der Waals surface area contributed by atoms with Crippen molar-refractivity contribution in [3.63, 3.8) is 0 Å². The summed E-state index contributed by atoms with van der Waals surface area (Å²) in [7, 11) is -1.94. The van der Waals surface area contributed by atoms with Gasteiger partial charge in [0, 0.05) is 32.4 Å². The topological polar surface area (TPSA) is 62.7 Å². The largest absolute Gasteiger partial charge is 0.496 e. The van der Waals surface area contributed by atoms with E-state index in [9.17, 15) is 8.42 Å². The summed E-state index contributed by atoms with van der Waals surface area (Å²) >= 11 is 0. The van der Waals surface area contributed by atoms with Gasteiger partial charge in [-0.1, -0.05) is 6.07 Å². The van der Waals surface area contributed by atoms with Gasteiger partial charge in [-0.25, -0.2) is 13.4 Å². The number of aromatic nitrogens is 1. The number of aryl methyl sites for hydroxylation is 1. The molecule has 0 amide bonds. The molecule has 0 radical (unpaired) electrons. The van der Waals surface area contributed by atoms with E-state index >= 15 is 0 Å². The van der Waals surface area contributed by atoms with E-state index in [4.69, 9.17) is 4.74 Å². The zero-order chi connectivity index (χ0) is 18.9. The number of rotatable bonds is 4. The fourth-order valence-corrected chi connectivity index (χ4v) is 5.37. The van der Waals surface area contributed by atoms with Crippen molar-refractivity contribution >= 4 is 15.8 Å². The number of pyridine rings is 1. The first-order chi connectivity index (χ1) is 12.4. The van der Waals surface area contributed by atoms with Crippen LogP contribution in [0.15, 0.2) is 35.4 Å². The summed E-state index contributed by atoms with van der Waals surface area (Å²) in [4.78, 5) is 6.87. The highest BCUT2D eigenvalue weighted by Crippen LogP contribution is 2.32. The summed E-state index contributed by atoms with van der Waals surface area (Å²) in [5.41, 5.74) is 2.34. The van der Waals surface area contributed by atoms with Gasteiger partial charge in [-0.15, -0.1) is 0 Å². The van der Waals surface area contributed by atoms with Gasteiger partial charge in [-0.2, -0.15) is 4.31 Å². The van der Waals surface area contributed by atoms with Gasteiger partial charge in [0.2, 0.25) is 10.0 Å². The second-order valence-corrected chi connectivity index (χ2v) is 8.43. The Morgan fingerprint density at radius 1 is 1.04 bits per heavy atom. The lowest BCUT2D eigenvalue weighted by molar-refractivity contribution is 0.383. The molecule has 0 unspecified atom stereocenters. The van der Waals surface area contributed by atoms with E-state index in [0.717, 1.165) is 28.3 Å². The predicted molar refractivity (Wildman–Crippen MR) is 102 cm³/mol. The Hall–Kier alpha value is -2.12. The summed E-state index contributed by atoms with van der Waals surface area (Å²) in [5, 5.41) is 0. The summed E-state index contributed by atoms with van der Waals surface area (Å²) in [6.45, 7) is 7.72. The van der Waals surface area contributed by atoms with Crippen molar-refractivity contribution in [3.8, 4) is 5.75 Å². The van der Waals surface area contributed by atoms with Crippen LogP contribution in [-0.2, 0) is 10.0 Å². The number of anilines is 1. The zero-order valence-electron chi connectivity index (χ0n) is 15.7. The molecule has 1 aromatic carbocycles. The van der Waals surface area contributed by atoms with E-state index in [1.807, 2.05) is 39.0 Å². The second-order valence-electron chi connectivity index (χ2n) is 6.55. The lowest BCUT2D eigenvalue weighted by Crippen LogP contribution is -2.49. The number of hydrogen-bond acceptors (Lipinski definition) is 5. The molecule has 0 atom stereocenters. The molecule has 1 fully saturated rings. The lowest BCUT2D eigenvalue weighted by atomic mass is 10.1. The second kappa shape index (κ2) is 7.25. The van der Waals surface area contributed by atoms with E-state index in [1.165, 1.54) is 0 Å². The van der Waals surface area contributed by atoms with Crippen LogP contribution in [0.1, 0.15) is 16.7 Å². The third kappa shape index (κ3) is 3.29. The van der Waals surface area contributed by atoms with Gasteiger partial charge in [0.15, 0.2) is 0 Å². The van der Waals surface area contributed by atoms with Crippen LogP contribution in [0.4, 0.5) is 5.82 Å². The Morgan fingerprint density at radius 2 is 1.73 bits per heavy atom. The standard InChI is InChI=1S/C19H25N3O3S/c1-14-13-17(25-4)15(2)16(3)19(14)26(23,24)22-11-9-21(10-12-22)18-7-5-6-8-20-18/h5-8,13H,9-12H2,1-4H3. The summed E-state index contributed by atoms with van der Waals surface area (Å²) in [6, 6.07) is 7.57. The van der Waals surface area contributed by atoms with E-state index in [0.29, 0.717) is 31.1 Å². The van der Waals surface area contributed by atoms with Crippen LogP contribution >= 0.6 is 0 Å². The van der Waals surface area contributed by atoms with Gasteiger partial charge >= 0.3 is 0 Å². The fraction of sp³-hybridized carbons (Fsp3) is 0.421. The lowest BCUT2D eigenvalue weighted by Gasteiger charge is -2.35. The summed E-state index contributed by atoms with van der Waals surface area (Å²) in [5.74, 6) is 1.61. The molecule has 2 aromatic rings. The van der Waals surface area contributed by atoms with Crippen LogP contribution in [0.25, 0.3) is 0 Å². The summed E-state index contributed by atoms with van der Waals surface area (Å²) < 4.78 is 33.5. The maximum atomic E-state index is 13.3. The molecular formula is C19H25N3O3S. The van der Waals surface area contributed by atoms with Gasteiger partial charge < -0.3 is 9.64 Å². The van der Waals surface area contributed by atoms with Crippen molar-refractivity contribution in [3.05, 3.63) is 47.2 Å². The Morgan fingerprint density at radius 3 is 2.31 bits per heavy atom. The number of sulfonamides is 1. The highest BCUT2D eigenvalue weighted by Gasteiger charge is 2.32. The summed E-state index contributed by atoms with van der Waals surface area (Å²) in [6.07, 6.45) is 1.76. The van der Waals surface area contributed by atoms with E-state index in [1.54, 1.807) is 23.7 Å². The van der Waals surface area contributed by atoms with E-state index in [-0.39, 0.29) is 0 Å². The van der Waals surface area contributed by atoms with Gasteiger partial charge in [-0.05, 0) is 55.7 Å². The van der Waals surface area contributed by atoms with Crippen LogP contribution in [0.2, 0.25) is 0 Å². The maximum Gasteiger partial charge on any atom is 0.243 e. The molecule has 2 heterocycles. The van der Waals surface area contributed by atoms with Gasteiger partial charge in [0.05, 0.1) is 12.0 Å². The number of methoxy groups -OCH3 is 1. The third-order valence-electron chi connectivity index (χ3n) is 5.01. The minimum Gasteiger partial charge on any atom is -0.496 e. The Kier molecular flexibility index (Phi) is 5.20. The van der Waals surface area contributed by atoms with Gasteiger partial charge in [0.25, 0.3) is 0 Å². The zero-order valence-corrected chi connectivity index (χ0v) is 16.5. The molecule has 26 heavy (non-hydrogen) atoms. The highest BCUT2D eigenvalue weighted by molar-refractivity contribution is 7.89. The smallest absolute Gasteiger partial charge is 0.243 e. The quantitative estimate of drug-likeness (QED) is 0.822. The first-order valence-electron chi connectivity index (χ1n) is 8.67. The molecule has 7 heteroatoms. The molecular weight excluding hydrogens is 350 g/mol. The normalized spacial score (nSPS) is 15.9. The van der Waals surface area contributed by atoms with Gasteiger partial charge in [-0.3, -0.25) is 0 Å². The van der Waals surface area contributed by atoms with Crippen LogP contribution in [0.5, 0.6) is 5.75 Å². The average Bonchev–Trinajstić information content (AvgIpc) is 2.65. The van der Waals surface area contributed by atoms with Crippen molar-refractivity contribution in [2.24, 2.45) is 0 Å². The fourth-order valence-electron chi connectivity index (χ4n) is 3.46. The molecule has 1 aliphatic heterocycles. The van der Waals surface area contributed by atoms with Crippen LogP contribution < -0.4 is 9.64 Å². The molecule has 6 nitrogen and oxygen atoms in total. The Balaban J connectivity index is 1.86. The maximum absolute atomic E-state index is 13.3. The Labute approximate surface area is 155 Å². The molecule has 1 aliphatic rings. The van der Waals surface area contributed by atoms with Crippen molar-refractivity contribution in [1.82, 2.24) is 9.29 Å². The monoisotopic (exact) mass is 375 g/mol. The molecule has 1 saturated heterocycles. The number of ether oxygens (including phenoxy) is 1. The van der Waals surface area contributed by atoms with Crippen LogP contribution in [0.3, 0.4) is 0 Å². The van der Waals surface area contributed by atoms with E-state index in [2.05, 4.69) is 9.88 Å². The van der Waals surface area contributed by atoms with Gasteiger partial charge in [0.1, 0.15) is 11.6 Å². The number of hydrogen-bond donors (Lipinski definition) is 0. The SMILES string of the molecule is COc1cc(C)c(S(=O)(=O)N2CCN(c3ccccn3)CC2)c(C)c1C. The molecule has 140 valence electrons. The van der Waals surface area contributed by atoms with Crippen LogP contribution in [-0.4, -0.2) is 51.0 Å². The molecule has 1 aromatic heterocycles. The predicted octanol–water partition coefficient (Wildman–Crippen LogP) is 2.53. The number of piperazine rings is 1. The van der Waals surface area contributed by atoms with Crippen molar-refractivity contribution in [2.75, 3.05) is 38.2 Å². The van der Waals surface area contributed by atoms with E-state index < -0.39 is 10.0 Å². The molecule has 3 rings (SSSR count). The third-order valence-corrected chi connectivity index (χ3v) is 7.20. The van der Waals surface area contributed by atoms with Crippen molar-refractivity contribution in [2.45, 2.75) is 25.7 Å². The molecule has 0 aliphatic carbocycles. The van der Waals surface area contributed by atoms with Crippen molar-refractivity contribution in [1.29, 1.82) is 0 Å². The minimum absolute atomic E-state index is 0.405. The van der Waals surface area contributed by atoms with Crippen LogP contribution in [0, 0.1) is 20.8 Å². The first kappa shape index (κ1) is 18.7. The molecule has 0 N–H and O–H groups in total. The highest BCUT2D eigenvalue weighted by atomic mass is 32.2. The molecule has 0 saturated carbocycles. The van der Waals surface area contributed by atoms with Crippen molar-refractivity contribution < 1.29 is 13.2 Å². The first-order valence-corrected chi connectivity index (χ1v) is 10.1. The average molecular weight is 375 g/mol. The number of nitrogens with zero attached hydrogens (tertiary/aromatic N) is 3. The number of benzene rings is 1.